The van der Waals surface area contributed by atoms with Crippen LogP contribution >= 0.6 is 11.3 Å². The molecule has 0 aliphatic rings. The van der Waals surface area contributed by atoms with Gasteiger partial charge in [0, 0.05) is 29.8 Å². The average molecular weight is 320 g/mol. The molecule has 2 N–H and O–H groups in total. The van der Waals surface area contributed by atoms with Crippen LogP contribution in [0.3, 0.4) is 0 Å². The van der Waals surface area contributed by atoms with Crippen molar-refractivity contribution in [3.8, 4) is 0 Å². The molecular formula is C14H16N4O3S. The Morgan fingerprint density at radius 1 is 1.45 bits per heavy atom. The summed E-state index contributed by atoms with van der Waals surface area (Å²) in [6.45, 7) is 3.84. The third kappa shape index (κ3) is 3.40. The number of thiazole rings is 1. The molecule has 2 rings (SSSR count). The first-order valence-corrected chi connectivity index (χ1v) is 7.43. The Morgan fingerprint density at radius 2 is 2.18 bits per heavy atom. The Balaban J connectivity index is 2.30. The lowest BCUT2D eigenvalue weighted by Crippen LogP contribution is -2.18. The van der Waals surface area contributed by atoms with Crippen LogP contribution in [0.15, 0.2) is 24.4 Å². The van der Waals surface area contributed by atoms with Crippen molar-refractivity contribution in [3.05, 3.63) is 50.0 Å². The number of nitro groups is 1. The van der Waals surface area contributed by atoms with Crippen LogP contribution in [0.1, 0.15) is 33.2 Å². The molecule has 0 bridgehead atoms. The van der Waals surface area contributed by atoms with Gasteiger partial charge in [-0.15, -0.1) is 11.3 Å². The smallest absolute Gasteiger partial charge is 0.293 e. The molecule has 1 aromatic heterocycles. The molecule has 1 atom stereocenters. The molecule has 0 aliphatic heterocycles. The molecule has 1 amide bonds. The molecule has 2 aromatic rings. The number of aromatic nitrogens is 1. The monoisotopic (exact) mass is 320 g/mol. The lowest BCUT2D eigenvalue weighted by Gasteiger charge is -2.13. The molecule has 8 heteroatoms. The van der Waals surface area contributed by atoms with Crippen LogP contribution in [0.2, 0.25) is 0 Å². The van der Waals surface area contributed by atoms with Gasteiger partial charge in [0.05, 0.1) is 11.0 Å². The highest BCUT2D eigenvalue weighted by molar-refractivity contribution is 7.11. The second-order valence-corrected chi connectivity index (χ2v) is 6.01. The molecule has 7 nitrogen and oxygen atoms in total. The van der Waals surface area contributed by atoms with E-state index in [0.717, 1.165) is 9.88 Å². The Morgan fingerprint density at radius 3 is 2.73 bits per heavy atom. The van der Waals surface area contributed by atoms with Gasteiger partial charge in [0.15, 0.2) is 0 Å². The van der Waals surface area contributed by atoms with Crippen molar-refractivity contribution in [2.75, 3.05) is 12.4 Å². The second-order valence-electron chi connectivity index (χ2n) is 4.74. The van der Waals surface area contributed by atoms with Gasteiger partial charge < -0.3 is 10.6 Å². The molecule has 0 saturated heterocycles. The summed E-state index contributed by atoms with van der Waals surface area (Å²) < 4.78 is 0. The van der Waals surface area contributed by atoms with Gasteiger partial charge in [0.1, 0.15) is 10.7 Å². The molecular weight excluding hydrogens is 304 g/mol. The number of nitrogens with one attached hydrogen (secondary N) is 2. The first kappa shape index (κ1) is 15.9. The van der Waals surface area contributed by atoms with Crippen LogP contribution in [0, 0.1) is 17.0 Å². The first-order chi connectivity index (χ1) is 10.4. The summed E-state index contributed by atoms with van der Waals surface area (Å²) in [6.07, 6.45) is 1.77. The van der Waals surface area contributed by atoms with E-state index < -0.39 is 4.92 Å². The Labute approximate surface area is 131 Å². The van der Waals surface area contributed by atoms with E-state index in [1.165, 1.54) is 24.5 Å². The van der Waals surface area contributed by atoms with Crippen molar-refractivity contribution in [2.24, 2.45) is 0 Å². The third-order valence-corrected chi connectivity index (χ3v) is 4.16. The fourth-order valence-corrected chi connectivity index (χ4v) is 2.73. The maximum Gasteiger partial charge on any atom is 0.293 e. The van der Waals surface area contributed by atoms with E-state index >= 15 is 0 Å². The van der Waals surface area contributed by atoms with E-state index in [4.69, 9.17) is 0 Å². The highest BCUT2D eigenvalue weighted by Gasteiger charge is 2.19. The minimum absolute atomic E-state index is 0.138. The summed E-state index contributed by atoms with van der Waals surface area (Å²) in [4.78, 5) is 27.7. The number of rotatable bonds is 5. The maximum absolute atomic E-state index is 11.6. The number of carbonyl (C=O) groups excluding carboxylic acids is 1. The topological polar surface area (TPSA) is 97.2 Å². The average Bonchev–Trinajstić information content (AvgIpc) is 2.93. The number of anilines is 1. The Kier molecular flexibility index (Phi) is 4.71. The normalized spacial score (nSPS) is 11.8. The van der Waals surface area contributed by atoms with Crippen molar-refractivity contribution in [3.63, 3.8) is 0 Å². The van der Waals surface area contributed by atoms with Crippen molar-refractivity contribution < 1.29 is 9.72 Å². The van der Waals surface area contributed by atoms with E-state index in [0.29, 0.717) is 5.69 Å². The predicted octanol–water partition coefficient (Wildman–Crippen LogP) is 2.89. The maximum atomic E-state index is 11.6. The van der Waals surface area contributed by atoms with Crippen molar-refractivity contribution in [1.82, 2.24) is 10.3 Å². The third-order valence-electron chi connectivity index (χ3n) is 3.07. The first-order valence-electron chi connectivity index (χ1n) is 6.61. The molecule has 0 aliphatic carbocycles. The molecule has 22 heavy (non-hydrogen) atoms. The summed E-state index contributed by atoms with van der Waals surface area (Å²) in [5.74, 6) is -0.363. The second kappa shape index (κ2) is 6.52. The lowest BCUT2D eigenvalue weighted by molar-refractivity contribution is -0.384. The summed E-state index contributed by atoms with van der Waals surface area (Å²) in [7, 11) is 1.48. The number of hydrogen-bond acceptors (Lipinski definition) is 6. The number of carbonyl (C=O) groups is 1. The van der Waals surface area contributed by atoms with Gasteiger partial charge in [-0.05, 0) is 26.0 Å². The number of nitrogens with zero attached hydrogens (tertiary/aromatic N) is 2. The Hall–Kier alpha value is -2.48. The SMILES string of the molecule is CNC(=O)c1ccc(NC(C)c2ncc(C)s2)c([N+](=O)[O-])c1. The van der Waals surface area contributed by atoms with Crippen LogP contribution in [0.25, 0.3) is 0 Å². The zero-order valence-corrected chi connectivity index (χ0v) is 13.2. The standard InChI is InChI=1S/C14H16N4O3S/c1-8-7-16-14(22-8)9(2)17-11-5-4-10(13(19)15-3)6-12(11)18(20)21/h4-7,9,17H,1-3H3,(H,15,19). The van der Waals surface area contributed by atoms with E-state index in [2.05, 4.69) is 15.6 Å². The van der Waals surface area contributed by atoms with E-state index in [1.54, 1.807) is 18.3 Å². The number of aryl methyl sites for hydroxylation is 1. The molecule has 1 unspecified atom stereocenters. The van der Waals surface area contributed by atoms with Gasteiger partial charge in [-0.1, -0.05) is 0 Å². The van der Waals surface area contributed by atoms with E-state index in [9.17, 15) is 14.9 Å². The molecule has 0 fully saturated rings. The minimum atomic E-state index is -0.505. The van der Waals surface area contributed by atoms with Gasteiger partial charge in [-0.2, -0.15) is 0 Å². The van der Waals surface area contributed by atoms with Crippen LogP contribution in [0.5, 0.6) is 0 Å². The summed E-state index contributed by atoms with van der Waals surface area (Å²) >= 11 is 1.53. The van der Waals surface area contributed by atoms with Crippen molar-refractivity contribution in [2.45, 2.75) is 19.9 Å². The fraction of sp³-hybridized carbons (Fsp3) is 0.286. The highest BCUT2D eigenvalue weighted by Crippen LogP contribution is 2.30. The number of hydrogen-bond donors (Lipinski definition) is 2. The van der Waals surface area contributed by atoms with Crippen molar-refractivity contribution >= 4 is 28.6 Å². The van der Waals surface area contributed by atoms with Crippen LogP contribution in [-0.2, 0) is 0 Å². The molecule has 116 valence electrons. The van der Waals surface area contributed by atoms with Crippen molar-refractivity contribution in [1.29, 1.82) is 0 Å². The zero-order valence-electron chi connectivity index (χ0n) is 12.4. The van der Waals surface area contributed by atoms with Gasteiger partial charge in [-0.3, -0.25) is 14.9 Å². The van der Waals surface area contributed by atoms with Crippen LogP contribution in [-0.4, -0.2) is 22.9 Å². The summed E-state index contributed by atoms with van der Waals surface area (Å²) in [6, 6.07) is 4.19. The van der Waals surface area contributed by atoms with Gasteiger partial charge >= 0.3 is 0 Å². The van der Waals surface area contributed by atoms with Crippen LogP contribution in [0.4, 0.5) is 11.4 Å². The fourth-order valence-electron chi connectivity index (χ4n) is 1.96. The summed E-state index contributed by atoms with van der Waals surface area (Å²) in [5, 5.41) is 17.6. The predicted molar refractivity (Wildman–Crippen MR) is 85.4 cm³/mol. The minimum Gasteiger partial charge on any atom is -0.371 e. The Bertz CT molecular complexity index is 714. The highest BCUT2D eigenvalue weighted by atomic mass is 32.1. The van der Waals surface area contributed by atoms with Gasteiger partial charge in [0.2, 0.25) is 0 Å². The molecule has 1 heterocycles. The van der Waals surface area contributed by atoms with E-state index in [1.807, 2.05) is 13.8 Å². The number of nitro benzene ring substituents is 1. The lowest BCUT2D eigenvalue weighted by atomic mass is 10.1. The molecule has 0 saturated carbocycles. The number of benzene rings is 1. The largest absolute Gasteiger partial charge is 0.371 e. The summed E-state index contributed by atoms with van der Waals surface area (Å²) in [5.41, 5.74) is 0.469. The van der Waals surface area contributed by atoms with Gasteiger partial charge in [-0.25, -0.2) is 4.98 Å². The molecule has 1 aromatic carbocycles. The van der Waals surface area contributed by atoms with Gasteiger partial charge in [0.25, 0.3) is 11.6 Å². The molecule has 0 spiro atoms. The number of amides is 1. The van der Waals surface area contributed by atoms with E-state index in [-0.39, 0.29) is 23.2 Å². The quantitative estimate of drug-likeness (QED) is 0.652. The zero-order chi connectivity index (χ0) is 16.3. The molecule has 0 radical (unpaired) electrons. The van der Waals surface area contributed by atoms with Crippen LogP contribution < -0.4 is 10.6 Å².